The van der Waals surface area contributed by atoms with Gasteiger partial charge in [0.2, 0.25) is 0 Å². The predicted molar refractivity (Wildman–Crippen MR) is 86.9 cm³/mol. The molecule has 5 atom stereocenters. The number of halogens is 1. The minimum absolute atomic E-state index is 0.147. The van der Waals surface area contributed by atoms with E-state index in [1.54, 1.807) is 6.92 Å². The van der Waals surface area contributed by atoms with Gasteiger partial charge in [-0.15, -0.1) is 0 Å². The van der Waals surface area contributed by atoms with E-state index in [0.717, 1.165) is 31.9 Å². The molecule has 0 amide bonds. The lowest BCUT2D eigenvalue weighted by Gasteiger charge is -2.40. The third-order valence-corrected chi connectivity index (χ3v) is 6.33. The lowest BCUT2D eigenvalue weighted by molar-refractivity contribution is -0.146. The Morgan fingerprint density at radius 1 is 1.17 bits per heavy atom. The van der Waals surface area contributed by atoms with Gasteiger partial charge in [-0.05, 0) is 69.1 Å². The summed E-state index contributed by atoms with van der Waals surface area (Å²) in [7, 11) is 0. The van der Waals surface area contributed by atoms with Crippen LogP contribution in [0.1, 0.15) is 44.3 Å². The minimum Gasteiger partial charge on any atom is -0.481 e. The quantitative estimate of drug-likeness (QED) is 0.884. The van der Waals surface area contributed by atoms with Crippen molar-refractivity contribution in [2.45, 2.75) is 51.5 Å². The third kappa shape index (κ3) is 2.76. The van der Waals surface area contributed by atoms with Crippen LogP contribution in [0.3, 0.4) is 0 Å². The number of carbonyl (C=O) groups is 1. The number of carboxylic acid groups (broad SMARTS) is 1. The summed E-state index contributed by atoms with van der Waals surface area (Å²) >= 11 is 0. The first-order chi connectivity index (χ1) is 11.5. The second kappa shape index (κ2) is 5.97. The second-order valence-electron chi connectivity index (χ2n) is 7.73. The molecule has 6 heteroatoms. The number of aliphatic carboxylic acids is 1. The number of nitrogens with zero attached hydrogens (tertiary/aromatic N) is 2. The zero-order chi connectivity index (χ0) is 16.8. The Morgan fingerprint density at radius 3 is 2.50 bits per heavy atom. The minimum atomic E-state index is -0.749. The topological polar surface area (TPSA) is 75.1 Å². The molecule has 0 aromatic carbocycles. The van der Waals surface area contributed by atoms with Crippen molar-refractivity contribution >= 4 is 11.8 Å². The highest BCUT2D eigenvalue weighted by Gasteiger charge is 2.52. The number of hydrogen-bond donors (Lipinski definition) is 2. The zero-order valence-corrected chi connectivity index (χ0v) is 13.9. The van der Waals surface area contributed by atoms with Crippen molar-refractivity contribution in [3.63, 3.8) is 0 Å². The average Bonchev–Trinajstić information content (AvgIpc) is 3.37. The highest BCUT2D eigenvalue weighted by atomic mass is 19.1. The molecule has 24 heavy (non-hydrogen) atoms. The number of aromatic nitrogens is 2. The van der Waals surface area contributed by atoms with Crippen LogP contribution in [0.25, 0.3) is 0 Å². The molecule has 4 saturated carbocycles. The summed E-state index contributed by atoms with van der Waals surface area (Å²) in [4.78, 5) is 20.1. The average molecular weight is 333 g/mol. The normalized spacial score (nSPS) is 35.5. The molecule has 2 N–H and O–H groups in total. The molecule has 0 radical (unpaired) electrons. The first-order valence-corrected chi connectivity index (χ1v) is 9.03. The number of aryl methyl sites for hydroxylation is 1. The molecule has 130 valence electrons. The number of carboxylic acids is 1. The smallest absolute Gasteiger partial charge is 0.308 e. The maximum Gasteiger partial charge on any atom is 0.308 e. The lowest BCUT2D eigenvalue weighted by Crippen LogP contribution is -2.48. The highest BCUT2D eigenvalue weighted by molar-refractivity contribution is 5.72. The maximum absolute atomic E-state index is 14.1. The van der Waals surface area contributed by atoms with Crippen molar-refractivity contribution in [2.24, 2.45) is 29.6 Å². The van der Waals surface area contributed by atoms with Crippen molar-refractivity contribution in [1.29, 1.82) is 0 Å². The van der Waals surface area contributed by atoms with E-state index in [1.165, 1.54) is 12.8 Å². The van der Waals surface area contributed by atoms with Crippen molar-refractivity contribution in [3.05, 3.63) is 17.8 Å². The van der Waals surface area contributed by atoms with E-state index in [0.29, 0.717) is 17.7 Å². The van der Waals surface area contributed by atoms with E-state index in [4.69, 9.17) is 0 Å². The molecule has 3 unspecified atom stereocenters. The van der Waals surface area contributed by atoms with Gasteiger partial charge in [0.25, 0.3) is 0 Å². The van der Waals surface area contributed by atoms with Crippen LogP contribution < -0.4 is 5.32 Å². The van der Waals surface area contributed by atoms with E-state index in [1.807, 2.05) is 0 Å². The van der Waals surface area contributed by atoms with Gasteiger partial charge in [-0.3, -0.25) is 4.79 Å². The molecule has 1 heterocycles. The number of nitrogens with one attached hydrogen (secondary N) is 1. The Kier molecular flexibility index (Phi) is 3.93. The summed E-state index contributed by atoms with van der Waals surface area (Å²) in [5.74, 6) is 0.649. The molecule has 1 aromatic heterocycles. The summed E-state index contributed by atoms with van der Waals surface area (Å²) in [5, 5.41) is 13.1. The first kappa shape index (κ1) is 15.8. The Bertz CT molecular complexity index is 649. The Morgan fingerprint density at radius 2 is 1.83 bits per heavy atom. The summed E-state index contributed by atoms with van der Waals surface area (Å²) < 4.78 is 14.1. The van der Waals surface area contributed by atoms with Crippen LogP contribution in [0.15, 0.2) is 6.20 Å². The van der Waals surface area contributed by atoms with Gasteiger partial charge in [0.05, 0.1) is 12.1 Å². The SMILES string of the molecule is Cc1ncc(F)c(NC2C(C(=O)O)[C@@H]3CC[C@@H]2CCC3C2CC2)n1. The third-order valence-electron chi connectivity index (χ3n) is 6.33. The molecule has 5 nitrogen and oxygen atoms in total. The number of rotatable bonds is 4. The molecule has 4 aliphatic rings. The van der Waals surface area contributed by atoms with E-state index in [2.05, 4.69) is 15.3 Å². The van der Waals surface area contributed by atoms with E-state index in [9.17, 15) is 14.3 Å². The van der Waals surface area contributed by atoms with Gasteiger partial charge in [-0.1, -0.05) is 0 Å². The predicted octanol–water partition coefficient (Wildman–Crippen LogP) is 3.25. The number of anilines is 1. The van der Waals surface area contributed by atoms with Crippen LogP contribution in [-0.4, -0.2) is 27.1 Å². The summed E-state index contributed by atoms with van der Waals surface area (Å²) in [6.07, 6.45) is 7.82. The Hall–Kier alpha value is -1.72. The fraction of sp³-hybridized carbons (Fsp3) is 0.722. The maximum atomic E-state index is 14.1. The second-order valence-corrected chi connectivity index (χ2v) is 7.73. The first-order valence-electron chi connectivity index (χ1n) is 9.03. The molecular formula is C18H24FN3O2. The van der Waals surface area contributed by atoms with E-state index >= 15 is 0 Å². The molecule has 4 fully saturated rings. The van der Waals surface area contributed by atoms with E-state index in [-0.39, 0.29) is 23.7 Å². The summed E-state index contributed by atoms with van der Waals surface area (Å²) in [5.41, 5.74) is 0. The van der Waals surface area contributed by atoms with Crippen LogP contribution in [0.2, 0.25) is 0 Å². The van der Waals surface area contributed by atoms with Gasteiger partial charge in [0, 0.05) is 6.04 Å². The van der Waals surface area contributed by atoms with Crippen LogP contribution in [0, 0.1) is 42.3 Å². The van der Waals surface area contributed by atoms with Gasteiger partial charge in [0.1, 0.15) is 5.82 Å². The fourth-order valence-corrected chi connectivity index (χ4v) is 5.12. The van der Waals surface area contributed by atoms with Crippen molar-refractivity contribution < 1.29 is 14.3 Å². The van der Waals surface area contributed by atoms with Gasteiger partial charge in [-0.2, -0.15) is 0 Å². The summed E-state index contributed by atoms with van der Waals surface area (Å²) in [6, 6.07) is -0.242. The molecule has 2 bridgehead atoms. The van der Waals surface area contributed by atoms with Crippen LogP contribution >= 0.6 is 0 Å². The zero-order valence-electron chi connectivity index (χ0n) is 13.9. The fourth-order valence-electron chi connectivity index (χ4n) is 5.12. The molecule has 5 rings (SSSR count). The van der Waals surface area contributed by atoms with Gasteiger partial charge in [-0.25, -0.2) is 14.4 Å². The highest BCUT2D eigenvalue weighted by Crippen LogP contribution is 2.54. The Balaban J connectivity index is 1.65. The van der Waals surface area contributed by atoms with Gasteiger partial charge >= 0.3 is 5.97 Å². The molecule has 4 aliphatic carbocycles. The monoisotopic (exact) mass is 333 g/mol. The van der Waals surface area contributed by atoms with Crippen molar-refractivity contribution in [1.82, 2.24) is 9.97 Å². The molecular weight excluding hydrogens is 309 g/mol. The molecule has 0 saturated heterocycles. The van der Waals surface area contributed by atoms with Gasteiger partial charge < -0.3 is 10.4 Å². The molecule has 1 aromatic rings. The Labute approximate surface area is 141 Å². The van der Waals surface area contributed by atoms with Crippen molar-refractivity contribution in [3.8, 4) is 0 Å². The van der Waals surface area contributed by atoms with Gasteiger partial charge in [0.15, 0.2) is 11.6 Å². The number of hydrogen-bond acceptors (Lipinski definition) is 4. The van der Waals surface area contributed by atoms with Crippen LogP contribution in [-0.2, 0) is 4.79 Å². The van der Waals surface area contributed by atoms with E-state index < -0.39 is 17.7 Å². The molecule has 0 aliphatic heterocycles. The summed E-state index contributed by atoms with van der Waals surface area (Å²) in [6.45, 7) is 1.71. The lowest BCUT2D eigenvalue weighted by atomic mass is 9.68. The number of fused-ring (bicyclic) bond motifs is 4. The molecule has 0 spiro atoms. The largest absolute Gasteiger partial charge is 0.481 e. The van der Waals surface area contributed by atoms with Crippen LogP contribution in [0.4, 0.5) is 10.2 Å². The van der Waals surface area contributed by atoms with Crippen LogP contribution in [0.5, 0.6) is 0 Å². The standard InChI is InChI=1S/C18H24FN3O2/c1-9-20-8-14(19)17(21-9)22-16-11-4-6-12(10-2-3-10)13(7-5-11)15(16)18(23)24/h8,10-13,15-16H,2-7H2,1H3,(H,23,24)(H,20,21,22)/t11-,12?,13+,15?,16?/m0/s1. The van der Waals surface area contributed by atoms with Crippen molar-refractivity contribution in [2.75, 3.05) is 5.32 Å².